The third-order valence-corrected chi connectivity index (χ3v) is 11.9. The molecule has 0 aromatic heterocycles. The average Bonchev–Trinajstić information content (AvgIpc) is 3.09. The highest BCUT2D eigenvalue weighted by molar-refractivity contribution is 8.07. The number of benzene rings is 1. The number of halogens is 5. The third kappa shape index (κ3) is 1.73. The van der Waals surface area contributed by atoms with Crippen LogP contribution in [-0.4, -0.2) is 9.49 Å². The summed E-state index contributed by atoms with van der Waals surface area (Å²) < 4.78 is 69.4. The van der Waals surface area contributed by atoms with Crippen molar-refractivity contribution in [1.82, 2.24) is 0 Å². The quantitative estimate of drug-likeness (QED) is 0.132. The number of hydrogen-bond donors (Lipinski definition) is 0. The van der Waals surface area contributed by atoms with Crippen LogP contribution in [0.25, 0.3) is 0 Å². The minimum atomic E-state index is -2.10. The van der Waals surface area contributed by atoms with Gasteiger partial charge in [-0.15, -0.1) is 0 Å². The monoisotopic (exact) mass is 391 g/mol. The Hall–Kier alpha value is -1.04. The van der Waals surface area contributed by atoms with Crippen molar-refractivity contribution in [3.05, 3.63) is 40.2 Å². The lowest BCUT2D eigenvalue weighted by atomic mass is 9.54. The maximum absolute atomic E-state index is 14.6. The molecule has 3 rings (SSSR count). The molecule has 26 heavy (non-hydrogen) atoms. The first-order valence-electron chi connectivity index (χ1n) is 8.56. The molecule has 2 atom stereocenters. The lowest BCUT2D eigenvalue weighted by molar-refractivity contribution is 0.199. The van der Waals surface area contributed by atoms with Crippen LogP contribution in [-0.2, 0) is 10.9 Å². The summed E-state index contributed by atoms with van der Waals surface area (Å²) in [5, 5.41) is 0. The van der Waals surface area contributed by atoms with E-state index in [2.05, 4.69) is 0 Å². The van der Waals surface area contributed by atoms with Crippen LogP contribution < -0.4 is 0 Å². The van der Waals surface area contributed by atoms with Gasteiger partial charge in [0, 0.05) is 10.8 Å². The molecular weight excluding hydrogens is 367 g/mol. The van der Waals surface area contributed by atoms with Crippen LogP contribution in [0.4, 0.5) is 22.0 Å². The molecule has 0 radical (unpaired) electrons. The second-order valence-corrected chi connectivity index (χ2v) is 11.4. The SMILES string of the molecule is CC1=C(C)C(C)(C)C2(C)[S+](c3c(F)c(F)c(F)c(F)c3F)C2(C)C1(C)C. The Morgan fingerprint density at radius 3 is 1.12 bits per heavy atom. The van der Waals surface area contributed by atoms with Gasteiger partial charge in [0.2, 0.25) is 34.0 Å². The summed E-state index contributed by atoms with van der Waals surface area (Å²) in [5.41, 5.74) is 1.35. The Labute approximate surface area is 154 Å². The van der Waals surface area contributed by atoms with Crippen molar-refractivity contribution >= 4 is 10.9 Å². The molecule has 1 aromatic carbocycles. The van der Waals surface area contributed by atoms with E-state index in [-0.39, 0.29) is 0 Å². The van der Waals surface area contributed by atoms with Gasteiger partial charge in [-0.2, -0.15) is 8.78 Å². The predicted molar refractivity (Wildman–Crippen MR) is 94.6 cm³/mol. The normalized spacial score (nSPS) is 34.7. The standard InChI is InChI=1S/C20H24F5S/c1-9-10(2)18(5,6)20(8)19(7,17(9,3)4)26(20)16-14(24)12(22)11(21)13(23)15(16)25/h1-8H3/q+1. The maximum Gasteiger partial charge on any atom is 0.234 e. The molecule has 0 saturated carbocycles. The molecule has 1 aliphatic carbocycles. The molecule has 2 unspecified atom stereocenters. The summed E-state index contributed by atoms with van der Waals surface area (Å²) in [6.45, 7) is 15.8. The molecular formula is C20H24F5S+. The van der Waals surface area contributed by atoms with Crippen LogP contribution >= 0.6 is 0 Å². The van der Waals surface area contributed by atoms with Crippen molar-refractivity contribution in [2.45, 2.75) is 69.8 Å². The van der Waals surface area contributed by atoms with Gasteiger partial charge >= 0.3 is 0 Å². The number of fused-ring (bicyclic) bond motifs is 1. The molecule has 6 heteroatoms. The van der Waals surface area contributed by atoms with Crippen LogP contribution in [0, 0.1) is 39.9 Å². The van der Waals surface area contributed by atoms with Crippen molar-refractivity contribution in [3.8, 4) is 0 Å². The summed E-state index contributed by atoms with van der Waals surface area (Å²) in [4.78, 5) is -0.643. The van der Waals surface area contributed by atoms with Gasteiger partial charge in [-0.1, -0.05) is 38.8 Å². The zero-order chi connectivity index (χ0) is 20.2. The van der Waals surface area contributed by atoms with Crippen molar-refractivity contribution < 1.29 is 22.0 Å². The third-order valence-electron chi connectivity index (χ3n) is 7.88. The predicted octanol–water partition coefficient (Wildman–Crippen LogP) is 6.29. The highest BCUT2D eigenvalue weighted by atomic mass is 32.2. The summed E-state index contributed by atoms with van der Waals surface area (Å²) in [6, 6.07) is 0. The molecule has 2 aliphatic rings. The van der Waals surface area contributed by atoms with Gasteiger partial charge in [0.1, 0.15) is 0 Å². The van der Waals surface area contributed by atoms with Crippen LogP contribution in [0.2, 0.25) is 0 Å². The molecule has 0 bridgehead atoms. The molecule has 1 heterocycles. The summed E-state index contributed by atoms with van der Waals surface area (Å²) in [5.74, 6) is -9.21. The van der Waals surface area contributed by atoms with E-state index >= 15 is 0 Å². The van der Waals surface area contributed by atoms with E-state index in [1.54, 1.807) is 0 Å². The van der Waals surface area contributed by atoms with Gasteiger partial charge in [-0.3, -0.25) is 0 Å². The van der Waals surface area contributed by atoms with E-state index in [9.17, 15) is 22.0 Å². The molecule has 0 N–H and O–H groups in total. The Morgan fingerprint density at radius 2 is 0.808 bits per heavy atom. The minimum absolute atomic E-state index is 0.440. The van der Waals surface area contributed by atoms with Gasteiger partial charge in [-0.05, 0) is 27.7 Å². The van der Waals surface area contributed by atoms with Gasteiger partial charge in [0.25, 0.3) is 0 Å². The fourth-order valence-electron chi connectivity index (χ4n) is 5.08. The molecule has 0 amide bonds. The molecule has 1 saturated heterocycles. The van der Waals surface area contributed by atoms with E-state index in [4.69, 9.17) is 0 Å². The summed E-state index contributed by atoms with van der Waals surface area (Å²) in [7, 11) is -1.14. The van der Waals surface area contributed by atoms with E-state index in [1.165, 1.54) is 0 Å². The molecule has 1 fully saturated rings. The van der Waals surface area contributed by atoms with Gasteiger partial charge in [0.05, 0.1) is 10.9 Å². The van der Waals surface area contributed by atoms with Gasteiger partial charge in [0.15, 0.2) is 9.49 Å². The van der Waals surface area contributed by atoms with Crippen molar-refractivity contribution in [1.29, 1.82) is 0 Å². The first kappa shape index (κ1) is 19.7. The first-order valence-corrected chi connectivity index (χ1v) is 9.78. The second-order valence-electron chi connectivity index (χ2n) is 8.77. The van der Waals surface area contributed by atoms with E-state index < -0.39 is 65.2 Å². The van der Waals surface area contributed by atoms with Gasteiger partial charge in [-0.25, -0.2) is 13.2 Å². The minimum Gasteiger partial charge on any atom is -0.200 e. The first-order chi connectivity index (χ1) is 11.6. The molecule has 1 aromatic rings. The zero-order valence-electron chi connectivity index (χ0n) is 16.3. The molecule has 144 valence electrons. The Kier molecular flexibility index (Phi) is 3.84. The summed E-state index contributed by atoms with van der Waals surface area (Å²) in [6.07, 6.45) is 0. The van der Waals surface area contributed by atoms with E-state index in [0.717, 1.165) is 11.1 Å². The molecule has 0 spiro atoms. The average molecular weight is 391 g/mol. The fraction of sp³-hybridized carbons (Fsp3) is 0.600. The van der Waals surface area contributed by atoms with Gasteiger partial charge < -0.3 is 0 Å². The summed E-state index contributed by atoms with van der Waals surface area (Å²) >= 11 is 0. The maximum atomic E-state index is 14.6. The molecule has 1 aliphatic heterocycles. The smallest absolute Gasteiger partial charge is 0.200 e. The van der Waals surface area contributed by atoms with Crippen LogP contribution in [0.3, 0.4) is 0 Å². The fourth-order valence-corrected chi connectivity index (χ4v) is 9.51. The number of hydrogen-bond acceptors (Lipinski definition) is 0. The number of rotatable bonds is 1. The van der Waals surface area contributed by atoms with E-state index in [0.29, 0.717) is 0 Å². The lowest BCUT2D eigenvalue weighted by Gasteiger charge is -2.43. The topological polar surface area (TPSA) is 0 Å². The molecule has 0 nitrogen and oxygen atoms in total. The van der Waals surface area contributed by atoms with Crippen molar-refractivity contribution in [2.24, 2.45) is 10.8 Å². The highest BCUT2D eigenvalue weighted by Gasteiger charge is 2.95. The zero-order valence-corrected chi connectivity index (χ0v) is 17.1. The Bertz CT molecular complexity index is 804. The number of allylic oxidation sites excluding steroid dienone is 2. The second kappa shape index (κ2) is 5.06. The lowest BCUT2D eigenvalue weighted by Crippen LogP contribution is -2.49. The Balaban J connectivity index is 2.37. The van der Waals surface area contributed by atoms with E-state index in [1.807, 2.05) is 55.4 Å². The largest absolute Gasteiger partial charge is 0.234 e. The Morgan fingerprint density at radius 1 is 0.538 bits per heavy atom. The van der Waals surface area contributed by atoms with Crippen LogP contribution in [0.15, 0.2) is 16.0 Å². The van der Waals surface area contributed by atoms with Crippen LogP contribution in [0.1, 0.15) is 55.4 Å². The van der Waals surface area contributed by atoms with Crippen molar-refractivity contribution in [3.63, 3.8) is 0 Å². The highest BCUT2D eigenvalue weighted by Crippen LogP contribution is 2.79. The van der Waals surface area contributed by atoms with Crippen LogP contribution in [0.5, 0.6) is 0 Å². The van der Waals surface area contributed by atoms with Crippen molar-refractivity contribution in [2.75, 3.05) is 0 Å².